The summed E-state index contributed by atoms with van der Waals surface area (Å²) in [6.45, 7) is 4.45. The summed E-state index contributed by atoms with van der Waals surface area (Å²) in [5, 5.41) is 10.9. The van der Waals surface area contributed by atoms with Gasteiger partial charge in [0.15, 0.2) is 0 Å². The summed E-state index contributed by atoms with van der Waals surface area (Å²) >= 11 is 0. The molecule has 2 nitrogen and oxygen atoms in total. The standard InChI is InChI=1S/C25H27NO/c1-17-8-10-19(11-9-17)18(2)24-6-4-5-7-25(24)22-14-20-12-13-23(26(3)27)16-21(20)15-22/h4-13,16,18,22,27H,14-15H2,1-3H3. The number of rotatable bonds is 4. The van der Waals surface area contributed by atoms with Gasteiger partial charge in [-0.15, -0.1) is 0 Å². The van der Waals surface area contributed by atoms with Crippen LogP contribution in [0.2, 0.25) is 0 Å². The Morgan fingerprint density at radius 3 is 2.37 bits per heavy atom. The monoisotopic (exact) mass is 357 g/mol. The molecular weight excluding hydrogens is 330 g/mol. The number of benzene rings is 3. The molecule has 1 aliphatic rings. The van der Waals surface area contributed by atoms with Crippen molar-refractivity contribution < 1.29 is 5.21 Å². The van der Waals surface area contributed by atoms with E-state index in [-0.39, 0.29) is 0 Å². The molecule has 2 unspecified atom stereocenters. The highest BCUT2D eigenvalue weighted by atomic mass is 16.5. The lowest BCUT2D eigenvalue weighted by atomic mass is 9.83. The molecule has 0 saturated heterocycles. The number of anilines is 1. The number of fused-ring (bicyclic) bond motifs is 1. The molecule has 0 spiro atoms. The third kappa shape index (κ3) is 3.50. The smallest absolute Gasteiger partial charge is 0.0633 e. The fourth-order valence-electron chi connectivity index (χ4n) is 4.34. The van der Waals surface area contributed by atoms with Gasteiger partial charge in [-0.1, -0.05) is 67.1 Å². The second kappa shape index (κ2) is 7.21. The van der Waals surface area contributed by atoms with Gasteiger partial charge in [0.05, 0.1) is 5.69 Å². The van der Waals surface area contributed by atoms with Gasteiger partial charge in [0.25, 0.3) is 0 Å². The molecule has 3 aromatic carbocycles. The van der Waals surface area contributed by atoms with Crippen molar-refractivity contribution in [3.8, 4) is 0 Å². The van der Waals surface area contributed by atoms with Crippen LogP contribution in [0.4, 0.5) is 5.69 Å². The molecule has 0 fully saturated rings. The van der Waals surface area contributed by atoms with Gasteiger partial charge >= 0.3 is 0 Å². The molecule has 0 heterocycles. The molecule has 2 heteroatoms. The zero-order chi connectivity index (χ0) is 19.0. The van der Waals surface area contributed by atoms with Gasteiger partial charge in [-0.25, -0.2) is 0 Å². The summed E-state index contributed by atoms with van der Waals surface area (Å²) in [4.78, 5) is 0. The Morgan fingerprint density at radius 2 is 1.63 bits per heavy atom. The Morgan fingerprint density at radius 1 is 0.926 bits per heavy atom. The Bertz CT molecular complexity index is 943. The van der Waals surface area contributed by atoms with Crippen LogP contribution in [0.15, 0.2) is 66.7 Å². The minimum absolute atomic E-state index is 0.379. The van der Waals surface area contributed by atoms with Gasteiger partial charge in [-0.2, -0.15) is 0 Å². The third-order valence-electron chi connectivity index (χ3n) is 5.98. The normalized spacial score (nSPS) is 16.8. The average molecular weight is 357 g/mol. The number of nitrogens with zero attached hydrogens (tertiary/aromatic N) is 1. The topological polar surface area (TPSA) is 23.5 Å². The Labute approximate surface area is 162 Å². The average Bonchev–Trinajstić information content (AvgIpc) is 3.11. The van der Waals surface area contributed by atoms with Gasteiger partial charge in [-0.05, 0) is 65.6 Å². The molecule has 0 radical (unpaired) electrons. The molecule has 0 aromatic heterocycles. The molecule has 138 valence electrons. The molecule has 3 aromatic rings. The molecule has 2 atom stereocenters. The van der Waals surface area contributed by atoms with E-state index in [4.69, 9.17) is 0 Å². The van der Waals surface area contributed by atoms with Crippen LogP contribution in [0.5, 0.6) is 0 Å². The first-order chi connectivity index (χ1) is 13.0. The van der Waals surface area contributed by atoms with E-state index < -0.39 is 0 Å². The summed E-state index contributed by atoms with van der Waals surface area (Å²) in [7, 11) is 1.67. The van der Waals surface area contributed by atoms with Crippen molar-refractivity contribution in [2.75, 3.05) is 12.1 Å². The predicted octanol–water partition coefficient (Wildman–Crippen LogP) is 5.85. The molecule has 4 rings (SSSR count). The minimum atomic E-state index is 0.379. The molecular formula is C25H27NO. The van der Waals surface area contributed by atoms with Crippen molar-refractivity contribution in [1.29, 1.82) is 0 Å². The lowest BCUT2D eigenvalue weighted by Crippen LogP contribution is -2.09. The maximum absolute atomic E-state index is 9.73. The summed E-state index contributed by atoms with van der Waals surface area (Å²) in [5.74, 6) is 0.882. The highest BCUT2D eigenvalue weighted by molar-refractivity contribution is 5.52. The molecule has 1 aliphatic carbocycles. The van der Waals surface area contributed by atoms with Crippen LogP contribution >= 0.6 is 0 Å². The van der Waals surface area contributed by atoms with Crippen molar-refractivity contribution in [3.63, 3.8) is 0 Å². The number of hydrogen-bond donors (Lipinski definition) is 1. The van der Waals surface area contributed by atoms with Crippen LogP contribution in [0.3, 0.4) is 0 Å². The molecule has 0 aliphatic heterocycles. The highest BCUT2D eigenvalue weighted by Crippen LogP contribution is 2.39. The maximum Gasteiger partial charge on any atom is 0.0633 e. The fourth-order valence-corrected chi connectivity index (χ4v) is 4.34. The Hall–Kier alpha value is -2.58. The molecule has 27 heavy (non-hydrogen) atoms. The molecule has 1 N–H and O–H groups in total. The quantitative estimate of drug-likeness (QED) is 0.592. The van der Waals surface area contributed by atoms with Crippen LogP contribution in [-0.2, 0) is 12.8 Å². The second-order valence-corrected chi connectivity index (χ2v) is 7.84. The summed E-state index contributed by atoms with van der Waals surface area (Å²) < 4.78 is 0. The van der Waals surface area contributed by atoms with E-state index in [1.165, 1.54) is 38.4 Å². The van der Waals surface area contributed by atoms with Crippen LogP contribution in [0, 0.1) is 6.92 Å². The van der Waals surface area contributed by atoms with E-state index in [0.717, 1.165) is 18.5 Å². The summed E-state index contributed by atoms with van der Waals surface area (Å²) in [6.07, 6.45) is 2.11. The third-order valence-corrected chi connectivity index (χ3v) is 5.98. The van der Waals surface area contributed by atoms with Crippen molar-refractivity contribution in [1.82, 2.24) is 0 Å². The van der Waals surface area contributed by atoms with E-state index in [9.17, 15) is 5.21 Å². The lowest BCUT2D eigenvalue weighted by molar-refractivity contribution is 0.279. The summed E-state index contributed by atoms with van der Waals surface area (Å²) in [5.41, 5.74) is 9.18. The lowest BCUT2D eigenvalue weighted by Gasteiger charge is -2.21. The highest BCUT2D eigenvalue weighted by Gasteiger charge is 2.26. The van der Waals surface area contributed by atoms with E-state index in [1.54, 1.807) is 7.05 Å². The largest absolute Gasteiger partial charge is 0.289 e. The van der Waals surface area contributed by atoms with Crippen LogP contribution in [0.25, 0.3) is 0 Å². The zero-order valence-corrected chi connectivity index (χ0v) is 16.3. The predicted molar refractivity (Wildman–Crippen MR) is 112 cm³/mol. The van der Waals surface area contributed by atoms with Crippen LogP contribution in [-0.4, -0.2) is 12.3 Å². The van der Waals surface area contributed by atoms with E-state index in [0.29, 0.717) is 11.8 Å². The first-order valence-corrected chi connectivity index (χ1v) is 9.72. The molecule has 0 bridgehead atoms. The Kier molecular flexibility index (Phi) is 4.75. The van der Waals surface area contributed by atoms with Gasteiger partial charge in [0.1, 0.15) is 0 Å². The van der Waals surface area contributed by atoms with Crippen molar-refractivity contribution in [2.24, 2.45) is 0 Å². The van der Waals surface area contributed by atoms with Crippen LogP contribution in [0.1, 0.15) is 52.1 Å². The zero-order valence-electron chi connectivity index (χ0n) is 16.3. The number of hydroxylamine groups is 1. The van der Waals surface area contributed by atoms with E-state index in [1.807, 2.05) is 6.07 Å². The first kappa shape index (κ1) is 17.8. The van der Waals surface area contributed by atoms with E-state index in [2.05, 4.69) is 74.5 Å². The van der Waals surface area contributed by atoms with Gasteiger partial charge in [-0.3, -0.25) is 10.3 Å². The minimum Gasteiger partial charge on any atom is -0.289 e. The maximum atomic E-state index is 9.73. The Balaban J connectivity index is 1.65. The van der Waals surface area contributed by atoms with Crippen LogP contribution < -0.4 is 5.06 Å². The summed E-state index contributed by atoms with van der Waals surface area (Å²) in [6, 6.07) is 24.1. The van der Waals surface area contributed by atoms with Crippen molar-refractivity contribution >= 4 is 5.69 Å². The second-order valence-electron chi connectivity index (χ2n) is 7.84. The van der Waals surface area contributed by atoms with E-state index >= 15 is 0 Å². The SMILES string of the molecule is Cc1ccc(C(C)c2ccccc2C2Cc3ccc(N(C)O)cc3C2)cc1. The van der Waals surface area contributed by atoms with Gasteiger partial charge in [0, 0.05) is 13.0 Å². The number of aryl methyl sites for hydroxylation is 1. The number of hydrogen-bond acceptors (Lipinski definition) is 2. The molecule has 0 saturated carbocycles. The van der Waals surface area contributed by atoms with Crippen molar-refractivity contribution in [3.05, 3.63) is 100 Å². The molecule has 0 amide bonds. The van der Waals surface area contributed by atoms with Gasteiger partial charge < -0.3 is 0 Å². The first-order valence-electron chi connectivity index (χ1n) is 9.72. The van der Waals surface area contributed by atoms with Crippen molar-refractivity contribution in [2.45, 2.75) is 38.5 Å². The fraction of sp³-hybridized carbons (Fsp3) is 0.280. The van der Waals surface area contributed by atoms with Gasteiger partial charge in [0.2, 0.25) is 0 Å².